The topological polar surface area (TPSA) is 94.2 Å². The van der Waals surface area contributed by atoms with E-state index in [2.05, 4.69) is 16.6 Å². The highest BCUT2D eigenvalue weighted by atomic mass is 19.4. The average molecular weight is 611 g/mol. The monoisotopic (exact) mass is 610 g/mol. The van der Waals surface area contributed by atoms with Crippen molar-refractivity contribution in [2.24, 2.45) is 5.41 Å². The van der Waals surface area contributed by atoms with E-state index in [0.717, 1.165) is 22.6 Å². The second kappa shape index (κ2) is 13.7. The second-order valence-electron chi connectivity index (χ2n) is 10.2. The summed E-state index contributed by atoms with van der Waals surface area (Å²) in [7, 11) is 0. The molecule has 1 unspecified atom stereocenters. The molecule has 1 heterocycles. The minimum Gasteiger partial charge on any atom is -0.469 e. The lowest BCUT2D eigenvalue weighted by Gasteiger charge is -2.53. The van der Waals surface area contributed by atoms with Crippen LogP contribution in [0.15, 0.2) is 91.5 Å². The van der Waals surface area contributed by atoms with E-state index in [1.165, 1.54) is 12.1 Å². The van der Waals surface area contributed by atoms with Crippen LogP contribution in [0.5, 0.6) is 11.5 Å². The highest BCUT2D eigenvalue weighted by Gasteiger charge is 2.63. The Kier molecular flexibility index (Phi) is 9.97. The molecule has 0 radical (unpaired) electrons. The number of urea groups is 1. The predicted molar refractivity (Wildman–Crippen MR) is 155 cm³/mol. The molecule has 1 N–H and O–H groups in total. The number of carbonyl (C=O) groups is 3. The van der Waals surface area contributed by atoms with Crippen LogP contribution < -0.4 is 14.8 Å². The summed E-state index contributed by atoms with van der Waals surface area (Å²) in [5.74, 6) is -0.975. The zero-order valence-corrected chi connectivity index (χ0v) is 24.3. The number of imide groups is 1. The normalized spacial score (nSPS) is 16.3. The Morgan fingerprint density at radius 1 is 0.977 bits per heavy atom. The first-order valence-electron chi connectivity index (χ1n) is 14.1. The van der Waals surface area contributed by atoms with E-state index in [1.54, 1.807) is 30.3 Å². The third-order valence-corrected chi connectivity index (χ3v) is 7.60. The van der Waals surface area contributed by atoms with Gasteiger partial charge in [0.1, 0.15) is 23.5 Å². The maximum absolute atomic E-state index is 13.4. The standard InChI is InChI=1S/C33H33F3N2O6/c1-4-10-27(23-13-19-26(20-14-23)44-33(34,35)36)37-31(41)38-29(40)32(5-2,6-3)30(38)43-25-17-15-24(16-18-25)28(39)42-21-22-11-8-7-9-12-22/h4,7-9,11-20,27,30H,1,5-6,10,21H2,2-3H3,(H,37,41)/t27-,30?/m1/s1. The van der Waals surface area contributed by atoms with Crippen LogP contribution >= 0.6 is 0 Å². The molecule has 0 saturated carbocycles. The maximum Gasteiger partial charge on any atom is 0.573 e. The Hall–Kier alpha value is -4.80. The van der Waals surface area contributed by atoms with Gasteiger partial charge in [-0.25, -0.2) is 14.5 Å². The van der Waals surface area contributed by atoms with Gasteiger partial charge >= 0.3 is 18.4 Å². The molecule has 0 bridgehead atoms. The van der Waals surface area contributed by atoms with Crippen molar-refractivity contribution in [3.63, 3.8) is 0 Å². The number of nitrogens with zero attached hydrogens (tertiary/aromatic N) is 1. The van der Waals surface area contributed by atoms with Crippen molar-refractivity contribution in [3.05, 3.63) is 108 Å². The average Bonchev–Trinajstić information content (AvgIpc) is 3.00. The number of nitrogens with one attached hydrogen (secondary N) is 1. The van der Waals surface area contributed by atoms with Crippen LogP contribution in [0.25, 0.3) is 0 Å². The third kappa shape index (κ3) is 7.21. The first-order chi connectivity index (χ1) is 21.0. The van der Waals surface area contributed by atoms with Crippen molar-refractivity contribution in [1.29, 1.82) is 0 Å². The van der Waals surface area contributed by atoms with Crippen molar-refractivity contribution < 1.29 is 41.8 Å². The minimum atomic E-state index is -4.83. The zero-order valence-electron chi connectivity index (χ0n) is 24.3. The van der Waals surface area contributed by atoms with Crippen molar-refractivity contribution in [2.45, 2.75) is 58.3 Å². The maximum atomic E-state index is 13.4. The number of amides is 3. The molecule has 3 aromatic rings. The van der Waals surface area contributed by atoms with Crippen molar-refractivity contribution in [1.82, 2.24) is 10.2 Å². The largest absolute Gasteiger partial charge is 0.573 e. The number of esters is 1. The lowest BCUT2D eigenvalue weighted by Crippen LogP contribution is -2.73. The summed E-state index contributed by atoms with van der Waals surface area (Å²) in [6.07, 6.45) is -3.15. The van der Waals surface area contributed by atoms with Crippen molar-refractivity contribution >= 4 is 17.9 Å². The van der Waals surface area contributed by atoms with Gasteiger partial charge in [-0.2, -0.15) is 0 Å². The van der Waals surface area contributed by atoms with Gasteiger partial charge in [0.25, 0.3) is 0 Å². The Morgan fingerprint density at radius 2 is 1.59 bits per heavy atom. The van der Waals surface area contributed by atoms with Gasteiger partial charge in [-0.3, -0.25) is 4.79 Å². The first-order valence-corrected chi connectivity index (χ1v) is 14.1. The number of alkyl halides is 3. The molecular formula is C33H33F3N2O6. The van der Waals surface area contributed by atoms with Crippen LogP contribution in [0.4, 0.5) is 18.0 Å². The molecule has 1 aliphatic rings. The Balaban J connectivity index is 1.46. The molecule has 0 aliphatic carbocycles. The molecule has 4 rings (SSSR count). The molecule has 0 spiro atoms. The summed E-state index contributed by atoms with van der Waals surface area (Å²) >= 11 is 0. The highest BCUT2D eigenvalue weighted by molar-refractivity contribution is 6.03. The van der Waals surface area contributed by atoms with Crippen LogP contribution in [-0.4, -0.2) is 35.4 Å². The van der Waals surface area contributed by atoms with E-state index >= 15 is 0 Å². The first kappa shape index (κ1) is 32.1. The summed E-state index contributed by atoms with van der Waals surface area (Å²) in [6, 6.07) is 19.2. The smallest absolute Gasteiger partial charge is 0.469 e. The lowest BCUT2D eigenvalue weighted by molar-refractivity contribution is -0.274. The molecule has 2 atom stereocenters. The van der Waals surface area contributed by atoms with Gasteiger partial charge in [0.05, 0.1) is 11.6 Å². The lowest BCUT2D eigenvalue weighted by atomic mass is 9.72. The molecule has 8 nitrogen and oxygen atoms in total. The Morgan fingerprint density at radius 3 is 2.16 bits per heavy atom. The van der Waals surface area contributed by atoms with Crippen molar-refractivity contribution in [2.75, 3.05) is 0 Å². The molecule has 1 fully saturated rings. The fourth-order valence-corrected chi connectivity index (χ4v) is 5.07. The van der Waals surface area contributed by atoms with Gasteiger partial charge in [-0.15, -0.1) is 19.8 Å². The van der Waals surface area contributed by atoms with Gasteiger partial charge < -0.3 is 19.5 Å². The van der Waals surface area contributed by atoms with Crippen molar-refractivity contribution in [3.8, 4) is 11.5 Å². The van der Waals surface area contributed by atoms with E-state index in [0.29, 0.717) is 29.7 Å². The second-order valence-corrected chi connectivity index (χ2v) is 10.2. The summed E-state index contributed by atoms with van der Waals surface area (Å²) < 4.78 is 53.1. The number of hydrogen-bond donors (Lipinski definition) is 1. The minimum absolute atomic E-state index is 0.125. The molecule has 1 aliphatic heterocycles. The number of rotatable bonds is 12. The molecule has 1 saturated heterocycles. The SMILES string of the molecule is C=CC[C@@H](NC(=O)N1C(=O)C(CC)(CC)C1Oc1ccc(C(=O)OCc2ccccc2)cc1)c1ccc(OC(F)(F)F)cc1. The van der Waals surface area contributed by atoms with Gasteiger partial charge in [-0.1, -0.05) is 62.4 Å². The molecular weight excluding hydrogens is 577 g/mol. The van der Waals surface area contributed by atoms with E-state index in [1.807, 2.05) is 44.2 Å². The predicted octanol–water partition coefficient (Wildman–Crippen LogP) is 7.32. The number of β-lactam (4-membered cyclic amide) rings is 1. The quantitative estimate of drug-likeness (QED) is 0.131. The molecule has 11 heteroatoms. The van der Waals surface area contributed by atoms with Crippen LogP contribution in [0.3, 0.4) is 0 Å². The molecule has 3 aromatic carbocycles. The van der Waals surface area contributed by atoms with Gasteiger partial charge in [-0.05, 0) is 66.8 Å². The van der Waals surface area contributed by atoms with E-state index in [-0.39, 0.29) is 13.0 Å². The van der Waals surface area contributed by atoms with Crippen LogP contribution in [-0.2, 0) is 16.1 Å². The summed E-state index contributed by atoms with van der Waals surface area (Å²) in [6.45, 7) is 7.50. The van der Waals surface area contributed by atoms with Gasteiger partial charge in [0.15, 0.2) is 6.23 Å². The number of likely N-dealkylation sites (tertiary alicyclic amines) is 1. The number of ether oxygens (including phenoxy) is 3. The number of hydrogen-bond acceptors (Lipinski definition) is 6. The molecule has 0 aromatic heterocycles. The summed E-state index contributed by atoms with van der Waals surface area (Å²) in [4.78, 5) is 40.3. The summed E-state index contributed by atoms with van der Waals surface area (Å²) in [5.41, 5.74) is 0.704. The van der Waals surface area contributed by atoms with E-state index in [4.69, 9.17) is 9.47 Å². The zero-order chi connectivity index (χ0) is 31.9. The number of benzene rings is 3. The van der Waals surface area contributed by atoms with Crippen LogP contribution in [0.1, 0.15) is 60.6 Å². The van der Waals surface area contributed by atoms with Gasteiger partial charge in [0, 0.05) is 0 Å². The number of halogens is 3. The van der Waals surface area contributed by atoms with Crippen LogP contribution in [0, 0.1) is 5.41 Å². The molecule has 44 heavy (non-hydrogen) atoms. The van der Waals surface area contributed by atoms with Gasteiger partial charge in [0.2, 0.25) is 5.91 Å². The highest BCUT2D eigenvalue weighted by Crippen LogP contribution is 2.46. The Labute approximate surface area is 253 Å². The third-order valence-electron chi connectivity index (χ3n) is 7.60. The fourth-order valence-electron chi connectivity index (χ4n) is 5.07. The molecule has 232 valence electrons. The summed E-state index contributed by atoms with van der Waals surface area (Å²) in [5, 5.41) is 2.78. The molecule has 3 amide bonds. The number of carbonyl (C=O) groups excluding carboxylic acids is 3. The fraction of sp³-hybridized carbons (Fsp3) is 0.303. The Bertz CT molecular complexity index is 1460. The van der Waals surface area contributed by atoms with Crippen LogP contribution in [0.2, 0.25) is 0 Å². The van der Waals surface area contributed by atoms with E-state index < -0.39 is 47.7 Å². The van der Waals surface area contributed by atoms with E-state index in [9.17, 15) is 27.6 Å².